The Hall–Kier alpha value is -3.47. The summed E-state index contributed by atoms with van der Waals surface area (Å²) in [5.41, 5.74) is 2.40. The molecule has 1 N–H and O–H groups in total. The lowest BCUT2D eigenvalue weighted by atomic mass is 10.0. The number of para-hydroxylation sites is 1. The normalized spacial score (nSPS) is 13.4. The van der Waals surface area contributed by atoms with Gasteiger partial charge in [-0.05, 0) is 42.8 Å². The number of carbonyl (C=O) groups is 1. The number of amides is 1. The Morgan fingerprint density at radius 3 is 2.52 bits per heavy atom. The van der Waals surface area contributed by atoms with Crippen molar-refractivity contribution in [3.63, 3.8) is 0 Å². The Balaban J connectivity index is 1.45. The van der Waals surface area contributed by atoms with Gasteiger partial charge in [0.1, 0.15) is 25.6 Å². The Bertz CT molecular complexity index is 987. The number of nitrogens with one attached hydrogen (secondary N) is 1. The molecule has 1 aliphatic heterocycles. The number of hydrogen-bond donors (Lipinski definition) is 1. The summed E-state index contributed by atoms with van der Waals surface area (Å²) >= 11 is 0. The molecule has 0 unspecified atom stereocenters. The first kappa shape index (κ1) is 18.9. The zero-order valence-corrected chi connectivity index (χ0v) is 16.3. The van der Waals surface area contributed by atoms with E-state index >= 15 is 0 Å². The molecule has 0 aliphatic carbocycles. The molecule has 1 heterocycles. The van der Waals surface area contributed by atoms with Gasteiger partial charge in [-0.2, -0.15) is 0 Å². The minimum Gasteiger partial charge on any atom is -0.489 e. The van der Waals surface area contributed by atoms with E-state index < -0.39 is 0 Å². The highest BCUT2D eigenvalue weighted by Gasteiger charge is 2.18. The highest BCUT2D eigenvalue weighted by Crippen LogP contribution is 2.32. The predicted molar refractivity (Wildman–Crippen MR) is 111 cm³/mol. The fourth-order valence-electron chi connectivity index (χ4n) is 3.23. The summed E-state index contributed by atoms with van der Waals surface area (Å²) in [6.07, 6.45) is 0. The average molecular weight is 389 g/mol. The fraction of sp³-hybridized carbons (Fsp3) is 0.208. The van der Waals surface area contributed by atoms with Crippen LogP contribution in [0.5, 0.6) is 17.2 Å². The van der Waals surface area contributed by atoms with Crippen LogP contribution in [-0.2, 0) is 6.61 Å². The lowest BCUT2D eigenvalue weighted by Gasteiger charge is -2.21. The third-order valence-corrected chi connectivity index (χ3v) is 4.81. The van der Waals surface area contributed by atoms with Gasteiger partial charge in [-0.1, -0.05) is 42.5 Å². The Labute approximate surface area is 170 Å². The van der Waals surface area contributed by atoms with E-state index in [1.54, 1.807) is 0 Å². The molecule has 4 rings (SSSR count). The zero-order chi connectivity index (χ0) is 20.1. The first-order valence-electron chi connectivity index (χ1n) is 9.67. The monoisotopic (exact) mass is 389 g/mol. The van der Waals surface area contributed by atoms with E-state index in [1.807, 2.05) is 79.7 Å². The van der Waals surface area contributed by atoms with Crippen molar-refractivity contribution >= 4 is 5.91 Å². The molecule has 29 heavy (non-hydrogen) atoms. The van der Waals surface area contributed by atoms with Crippen LogP contribution in [0, 0.1) is 0 Å². The summed E-state index contributed by atoms with van der Waals surface area (Å²) in [6, 6.07) is 22.6. The van der Waals surface area contributed by atoms with Crippen LogP contribution in [0.1, 0.15) is 34.5 Å². The second-order valence-electron chi connectivity index (χ2n) is 6.86. The highest BCUT2D eigenvalue weighted by atomic mass is 16.6. The van der Waals surface area contributed by atoms with Gasteiger partial charge in [0.25, 0.3) is 5.91 Å². The predicted octanol–water partition coefficient (Wildman–Crippen LogP) is 4.53. The SMILES string of the molecule is C[C@H](NC(=O)c1ccccc1COc1ccccc1)c1ccc2c(c1)OCCO2. The third-order valence-electron chi connectivity index (χ3n) is 4.81. The Morgan fingerprint density at radius 2 is 1.69 bits per heavy atom. The molecule has 1 atom stereocenters. The van der Waals surface area contributed by atoms with Crippen molar-refractivity contribution in [1.29, 1.82) is 0 Å². The van der Waals surface area contributed by atoms with E-state index in [-0.39, 0.29) is 11.9 Å². The summed E-state index contributed by atoms with van der Waals surface area (Å²) < 4.78 is 17.0. The van der Waals surface area contributed by atoms with Crippen molar-refractivity contribution in [3.05, 3.63) is 89.5 Å². The minimum absolute atomic E-state index is 0.139. The van der Waals surface area contributed by atoms with E-state index in [4.69, 9.17) is 14.2 Å². The molecule has 5 nitrogen and oxygen atoms in total. The summed E-state index contributed by atoms with van der Waals surface area (Å²) in [4.78, 5) is 12.9. The second-order valence-corrected chi connectivity index (χ2v) is 6.86. The van der Waals surface area contributed by atoms with Gasteiger partial charge in [-0.25, -0.2) is 0 Å². The molecule has 0 saturated heterocycles. The van der Waals surface area contributed by atoms with Crippen molar-refractivity contribution in [2.45, 2.75) is 19.6 Å². The van der Waals surface area contributed by atoms with Crippen LogP contribution in [-0.4, -0.2) is 19.1 Å². The zero-order valence-electron chi connectivity index (χ0n) is 16.3. The van der Waals surface area contributed by atoms with E-state index in [0.29, 0.717) is 31.1 Å². The van der Waals surface area contributed by atoms with Crippen LogP contribution in [0.4, 0.5) is 0 Å². The molecular formula is C24H23NO4. The maximum absolute atomic E-state index is 12.9. The van der Waals surface area contributed by atoms with Crippen LogP contribution in [0.25, 0.3) is 0 Å². The van der Waals surface area contributed by atoms with Crippen LogP contribution in [0.15, 0.2) is 72.8 Å². The summed E-state index contributed by atoms with van der Waals surface area (Å²) in [6.45, 7) is 3.37. The minimum atomic E-state index is -0.179. The average Bonchev–Trinajstić information content (AvgIpc) is 2.78. The van der Waals surface area contributed by atoms with Crippen molar-refractivity contribution in [2.75, 3.05) is 13.2 Å². The van der Waals surface area contributed by atoms with Crippen LogP contribution >= 0.6 is 0 Å². The molecule has 0 saturated carbocycles. The molecule has 0 fully saturated rings. The molecule has 0 spiro atoms. The molecular weight excluding hydrogens is 366 g/mol. The molecule has 1 amide bonds. The van der Waals surface area contributed by atoms with E-state index in [1.165, 1.54) is 0 Å². The Kier molecular flexibility index (Phi) is 5.66. The van der Waals surface area contributed by atoms with Crippen molar-refractivity contribution < 1.29 is 19.0 Å². The molecule has 1 aliphatic rings. The highest BCUT2D eigenvalue weighted by molar-refractivity contribution is 5.95. The van der Waals surface area contributed by atoms with Crippen molar-refractivity contribution in [1.82, 2.24) is 5.32 Å². The quantitative estimate of drug-likeness (QED) is 0.673. The van der Waals surface area contributed by atoms with Crippen LogP contribution in [0.2, 0.25) is 0 Å². The second kappa shape index (κ2) is 8.69. The fourth-order valence-corrected chi connectivity index (χ4v) is 3.23. The van der Waals surface area contributed by atoms with Crippen molar-refractivity contribution in [2.24, 2.45) is 0 Å². The maximum atomic E-state index is 12.9. The number of rotatable bonds is 6. The number of benzene rings is 3. The molecule has 0 aromatic heterocycles. The van der Waals surface area contributed by atoms with Gasteiger partial charge in [0.2, 0.25) is 0 Å². The first-order chi connectivity index (χ1) is 14.2. The standard InChI is InChI=1S/C24H23NO4/c1-17(18-11-12-22-23(15-18)28-14-13-27-22)25-24(26)21-10-6-5-7-19(21)16-29-20-8-3-2-4-9-20/h2-12,15,17H,13-14,16H2,1H3,(H,25,26)/t17-/m0/s1. The summed E-state index contributed by atoms with van der Waals surface area (Å²) in [7, 11) is 0. The van der Waals surface area contributed by atoms with E-state index in [2.05, 4.69) is 5.32 Å². The Morgan fingerprint density at radius 1 is 0.966 bits per heavy atom. The van der Waals surface area contributed by atoms with Gasteiger partial charge in [0.15, 0.2) is 11.5 Å². The maximum Gasteiger partial charge on any atom is 0.252 e. The van der Waals surface area contributed by atoms with Gasteiger partial charge >= 0.3 is 0 Å². The number of ether oxygens (including phenoxy) is 3. The van der Waals surface area contributed by atoms with Crippen LogP contribution in [0.3, 0.4) is 0 Å². The largest absolute Gasteiger partial charge is 0.489 e. The van der Waals surface area contributed by atoms with Crippen LogP contribution < -0.4 is 19.5 Å². The molecule has 3 aromatic rings. The molecule has 0 bridgehead atoms. The molecule has 3 aromatic carbocycles. The lowest BCUT2D eigenvalue weighted by Crippen LogP contribution is -2.28. The number of fused-ring (bicyclic) bond motifs is 1. The van der Waals surface area contributed by atoms with Gasteiger partial charge < -0.3 is 19.5 Å². The lowest BCUT2D eigenvalue weighted by molar-refractivity contribution is 0.0937. The number of hydrogen-bond acceptors (Lipinski definition) is 4. The topological polar surface area (TPSA) is 56.8 Å². The van der Waals surface area contributed by atoms with Gasteiger partial charge in [-0.3, -0.25) is 4.79 Å². The van der Waals surface area contributed by atoms with Gasteiger partial charge in [0, 0.05) is 11.1 Å². The molecule has 5 heteroatoms. The van der Waals surface area contributed by atoms with Gasteiger partial charge in [-0.15, -0.1) is 0 Å². The molecule has 0 radical (unpaired) electrons. The smallest absolute Gasteiger partial charge is 0.252 e. The van der Waals surface area contributed by atoms with Crippen molar-refractivity contribution in [3.8, 4) is 17.2 Å². The third kappa shape index (κ3) is 4.51. The summed E-state index contributed by atoms with van der Waals surface area (Å²) in [5, 5.41) is 3.07. The number of carbonyl (C=O) groups excluding carboxylic acids is 1. The first-order valence-corrected chi connectivity index (χ1v) is 9.67. The molecule has 148 valence electrons. The van der Waals surface area contributed by atoms with E-state index in [0.717, 1.165) is 22.6 Å². The summed E-state index contributed by atoms with van der Waals surface area (Å²) in [5.74, 6) is 2.08. The van der Waals surface area contributed by atoms with Gasteiger partial charge in [0.05, 0.1) is 6.04 Å². The van der Waals surface area contributed by atoms with E-state index in [9.17, 15) is 4.79 Å².